The molecule has 4 rings (SSSR count). The van der Waals surface area contributed by atoms with Crippen LogP contribution in [0.4, 0.5) is 0 Å². The lowest BCUT2D eigenvalue weighted by Crippen LogP contribution is -2.61. The van der Waals surface area contributed by atoms with Gasteiger partial charge in [-0.3, -0.25) is 9.80 Å². The monoisotopic (exact) mass is 310 g/mol. The Morgan fingerprint density at radius 2 is 1.96 bits per heavy atom. The van der Waals surface area contributed by atoms with E-state index in [0.717, 1.165) is 24.3 Å². The molecule has 2 aliphatic heterocycles. The van der Waals surface area contributed by atoms with Gasteiger partial charge in [0.05, 0.1) is 5.69 Å². The fraction of sp³-hybridized carbons (Fsp3) is 0.526. The number of rotatable bonds is 4. The van der Waals surface area contributed by atoms with Crippen molar-refractivity contribution < 1.29 is 0 Å². The van der Waals surface area contributed by atoms with Gasteiger partial charge in [0.1, 0.15) is 0 Å². The first kappa shape index (κ1) is 14.9. The van der Waals surface area contributed by atoms with Crippen LogP contribution in [0.3, 0.4) is 0 Å². The minimum Gasteiger partial charge on any atom is -0.296 e. The lowest BCUT2D eigenvalue weighted by molar-refractivity contribution is -0.00620. The van der Waals surface area contributed by atoms with Crippen LogP contribution in [-0.4, -0.2) is 51.3 Å². The lowest BCUT2D eigenvalue weighted by Gasteiger charge is -2.49. The number of benzene rings is 1. The van der Waals surface area contributed by atoms with Gasteiger partial charge in [-0.15, -0.1) is 0 Å². The molecular weight excluding hydrogens is 284 g/mol. The Hall–Kier alpha value is -1.65. The minimum absolute atomic E-state index is 0.782. The summed E-state index contributed by atoms with van der Waals surface area (Å²) in [4.78, 5) is 5.30. The second kappa shape index (κ2) is 6.46. The van der Waals surface area contributed by atoms with E-state index in [2.05, 4.69) is 46.1 Å². The van der Waals surface area contributed by atoms with Gasteiger partial charge in [0.2, 0.25) is 0 Å². The molecule has 0 amide bonds. The normalized spacial score (nSPS) is 23.8. The third-order valence-corrected chi connectivity index (χ3v) is 5.37. The Balaban J connectivity index is 1.30. The Morgan fingerprint density at radius 1 is 1.13 bits per heavy atom. The van der Waals surface area contributed by atoms with Crippen LogP contribution in [0.5, 0.6) is 0 Å². The molecule has 0 N–H and O–H groups in total. The molecule has 1 aromatic heterocycles. The van der Waals surface area contributed by atoms with Crippen molar-refractivity contribution in [1.29, 1.82) is 0 Å². The fourth-order valence-corrected chi connectivity index (χ4v) is 3.98. The summed E-state index contributed by atoms with van der Waals surface area (Å²) in [6.07, 6.45) is 7.97. The van der Waals surface area contributed by atoms with Crippen molar-refractivity contribution >= 4 is 0 Å². The summed E-state index contributed by atoms with van der Waals surface area (Å²) < 4.78 is 1.90. The molecule has 2 saturated heterocycles. The standard InChI is InChI=1S/C19H26N4/c1-16-5-2-3-11-22(16)19-14-21(15-19)13-17-6-8-18(9-7-17)23-12-4-10-20-23/h4,6-10,12,16,19H,2-3,5,11,13-15H2,1H3/t16-/m1/s1. The van der Waals surface area contributed by atoms with Gasteiger partial charge in [-0.05, 0) is 50.1 Å². The van der Waals surface area contributed by atoms with E-state index in [9.17, 15) is 0 Å². The Morgan fingerprint density at radius 3 is 2.65 bits per heavy atom. The molecule has 1 atom stereocenters. The highest BCUT2D eigenvalue weighted by Gasteiger charge is 2.34. The van der Waals surface area contributed by atoms with E-state index in [-0.39, 0.29) is 0 Å². The lowest BCUT2D eigenvalue weighted by atomic mass is 9.97. The van der Waals surface area contributed by atoms with E-state index >= 15 is 0 Å². The molecule has 2 aliphatic rings. The molecule has 0 bridgehead atoms. The predicted octanol–water partition coefficient (Wildman–Crippen LogP) is 2.93. The molecule has 0 radical (unpaired) electrons. The van der Waals surface area contributed by atoms with E-state index in [1.54, 1.807) is 0 Å². The second-order valence-corrected chi connectivity index (χ2v) is 7.05. The van der Waals surface area contributed by atoms with Gasteiger partial charge < -0.3 is 0 Å². The average molecular weight is 310 g/mol. The van der Waals surface area contributed by atoms with E-state index in [1.807, 2.05) is 23.1 Å². The maximum atomic E-state index is 4.27. The van der Waals surface area contributed by atoms with Gasteiger partial charge >= 0.3 is 0 Å². The highest BCUT2D eigenvalue weighted by molar-refractivity contribution is 5.33. The largest absolute Gasteiger partial charge is 0.296 e. The summed E-state index contributed by atoms with van der Waals surface area (Å²) in [5, 5.41) is 4.27. The van der Waals surface area contributed by atoms with Gasteiger partial charge in [0.25, 0.3) is 0 Å². The Bertz CT molecular complexity index is 613. The zero-order valence-electron chi connectivity index (χ0n) is 13.9. The number of likely N-dealkylation sites (tertiary alicyclic amines) is 2. The van der Waals surface area contributed by atoms with Gasteiger partial charge in [-0.25, -0.2) is 4.68 Å². The molecule has 3 heterocycles. The topological polar surface area (TPSA) is 24.3 Å². The number of hydrogen-bond acceptors (Lipinski definition) is 3. The first-order valence-electron chi connectivity index (χ1n) is 8.86. The molecule has 23 heavy (non-hydrogen) atoms. The second-order valence-electron chi connectivity index (χ2n) is 7.05. The SMILES string of the molecule is C[C@@H]1CCCCN1C1CN(Cc2ccc(-n3cccn3)cc2)C1. The van der Waals surface area contributed by atoms with Crippen molar-refractivity contribution in [2.24, 2.45) is 0 Å². The van der Waals surface area contributed by atoms with Crippen LogP contribution in [0, 0.1) is 0 Å². The molecule has 122 valence electrons. The third-order valence-electron chi connectivity index (χ3n) is 5.37. The fourth-order valence-electron chi connectivity index (χ4n) is 3.98. The molecule has 2 fully saturated rings. The maximum absolute atomic E-state index is 4.27. The molecule has 0 spiro atoms. The molecular formula is C19H26N4. The molecule has 1 aromatic carbocycles. The number of piperidine rings is 1. The van der Waals surface area contributed by atoms with Crippen molar-refractivity contribution in [3.8, 4) is 5.69 Å². The van der Waals surface area contributed by atoms with Crippen molar-refractivity contribution in [3.63, 3.8) is 0 Å². The van der Waals surface area contributed by atoms with Crippen molar-refractivity contribution in [1.82, 2.24) is 19.6 Å². The van der Waals surface area contributed by atoms with Crippen LogP contribution < -0.4 is 0 Å². The van der Waals surface area contributed by atoms with Crippen LogP contribution in [-0.2, 0) is 6.54 Å². The first-order valence-corrected chi connectivity index (χ1v) is 8.86. The van der Waals surface area contributed by atoms with Crippen molar-refractivity contribution in [2.75, 3.05) is 19.6 Å². The van der Waals surface area contributed by atoms with E-state index in [0.29, 0.717) is 0 Å². The maximum Gasteiger partial charge on any atom is 0.0645 e. The van der Waals surface area contributed by atoms with Crippen LogP contribution >= 0.6 is 0 Å². The molecule has 0 unspecified atom stereocenters. The molecule has 4 heteroatoms. The number of nitrogens with zero attached hydrogens (tertiary/aromatic N) is 4. The van der Waals surface area contributed by atoms with Crippen molar-refractivity contribution in [2.45, 2.75) is 44.8 Å². The summed E-state index contributed by atoms with van der Waals surface area (Å²) in [7, 11) is 0. The predicted molar refractivity (Wildman–Crippen MR) is 92.6 cm³/mol. The first-order chi connectivity index (χ1) is 11.3. The molecule has 0 saturated carbocycles. The minimum atomic E-state index is 0.782. The van der Waals surface area contributed by atoms with E-state index in [1.165, 1.54) is 44.5 Å². The molecule has 4 nitrogen and oxygen atoms in total. The van der Waals surface area contributed by atoms with Gasteiger partial charge in [0, 0.05) is 44.1 Å². The summed E-state index contributed by atoms with van der Waals surface area (Å²) in [6.45, 7) is 7.22. The quantitative estimate of drug-likeness (QED) is 0.868. The highest BCUT2D eigenvalue weighted by atomic mass is 15.3. The zero-order valence-corrected chi connectivity index (χ0v) is 13.9. The third kappa shape index (κ3) is 3.19. The van der Waals surface area contributed by atoms with Crippen LogP contribution in [0.15, 0.2) is 42.7 Å². The smallest absolute Gasteiger partial charge is 0.0645 e. The van der Waals surface area contributed by atoms with Crippen LogP contribution in [0.1, 0.15) is 31.7 Å². The summed E-state index contributed by atoms with van der Waals surface area (Å²) in [5.41, 5.74) is 2.52. The number of hydrogen-bond donors (Lipinski definition) is 0. The van der Waals surface area contributed by atoms with Crippen LogP contribution in [0.2, 0.25) is 0 Å². The highest BCUT2D eigenvalue weighted by Crippen LogP contribution is 2.25. The van der Waals surface area contributed by atoms with Gasteiger partial charge in [0.15, 0.2) is 0 Å². The van der Waals surface area contributed by atoms with E-state index < -0.39 is 0 Å². The van der Waals surface area contributed by atoms with Gasteiger partial charge in [-0.1, -0.05) is 18.6 Å². The molecule has 2 aromatic rings. The van der Waals surface area contributed by atoms with Gasteiger partial charge in [-0.2, -0.15) is 5.10 Å². The Labute approximate surface area is 138 Å². The summed E-state index contributed by atoms with van der Waals surface area (Å²) in [6, 6.07) is 12.3. The molecule has 0 aliphatic carbocycles. The summed E-state index contributed by atoms with van der Waals surface area (Å²) >= 11 is 0. The van der Waals surface area contributed by atoms with Crippen molar-refractivity contribution in [3.05, 3.63) is 48.3 Å². The summed E-state index contributed by atoms with van der Waals surface area (Å²) in [5.74, 6) is 0. The average Bonchev–Trinajstić information content (AvgIpc) is 3.07. The Kier molecular flexibility index (Phi) is 4.19. The zero-order chi connectivity index (χ0) is 15.6. The number of aromatic nitrogens is 2. The van der Waals surface area contributed by atoms with E-state index in [4.69, 9.17) is 0 Å². The van der Waals surface area contributed by atoms with Crippen LogP contribution in [0.25, 0.3) is 5.69 Å².